The monoisotopic (exact) mass is 300 g/mol. The SMILES string of the molecule is CC(C)c1noc2nc(-c3ccccc3F)cc(C(=O)O)c12. The minimum absolute atomic E-state index is 0.00760. The van der Waals surface area contributed by atoms with Crippen molar-refractivity contribution in [3.05, 3.63) is 47.4 Å². The summed E-state index contributed by atoms with van der Waals surface area (Å²) in [4.78, 5) is 15.8. The summed E-state index contributed by atoms with van der Waals surface area (Å²) >= 11 is 0. The summed E-state index contributed by atoms with van der Waals surface area (Å²) in [6, 6.07) is 7.40. The lowest BCUT2D eigenvalue weighted by atomic mass is 10.0. The van der Waals surface area contributed by atoms with E-state index in [-0.39, 0.29) is 28.5 Å². The third kappa shape index (κ3) is 2.22. The van der Waals surface area contributed by atoms with Crippen molar-refractivity contribution in [2.24, 2.45) is 0 Å². The number of hydrogen-bond acceptors (Lipinski definition) is 4. The first-order valence-corrected chi connectivity index (χ1v) is 6.77. The van der Waals surface area contributed by atoms with Crippen molar-refractivity contribution in [1.82, 2.24) is 10.1 Å². The van der Waals surface area contributed by atoms with Crippen molar-refractivity contribution in [2.75, 3.05) is 0 Å². The van der Waals surface area contributed by atoms with E-state index < -0.39 is 11.8 Å². The number of carboxylic acid groups (broad SMARTS) is 1. The highest BCUT2D eigenvalue weighted by molar-refractivity contribution is 6.03. The average molecular weight is 300 g/mol. The maximum atomic E-state index is 13.9. The molecule has 0 bridgehead atoms. The number of hydrogen-bond donors (Lipinski definition) is 1. The molecule has 1 N–H and O–H groups in total. The van der Waals surface area contributed by atoms with Crippen molar-refractivity contribution in [2.45, 2.75) is 19.8 Å². The van der Waals surface area contributed by atoms with Crippen LogP contribution in [0.25, 0.3) is 22.4 Å². The van der Waals surface area contributed by atoms with Gasteiger partial charge >= 0.3 is 5.97 Å². The molecule has 112 valence electrons. The maximum absolute atomic E-state index is 13.9. The lowest BCUT2D eigenvalue weighted by Gasteiger charge is -2.06. The molecule has 1 aromatic carbocycles. The van der Waals surface area contributed by atoms with Crippen LogP contribution in [0.4, 0.5) is 4.39 Å². The fourth-order valence-corrected chi connectivity index (χ4v) is 2.34. The predicted octanol–water partition coefficient (Wildman–Crippen LogP) is 3.85. The first kappa shape index (κ1) is 14.2. The van der Waals surface area contributed by atoms with E-state index >= 15 is 0 Å². The van der Waals surface area contributed by atoms with Gasteiger partial charge in [0.05, 0.1) is 22.3 Å². The van der Waals surface area contributed by atoms with Crippen LogP contribution in [-0.4, -0.2) is 21.2 Å². The molecule has 2 heterocycles. The van der Waals surface area contributed by atoms with Crippen molar-refractivity contribution in [3.8, 4) is 11.3 Å². The fraction of sp³-hybridized carbons (Fsp3) is 0.188. The quantitative estimate of drug-likeness (QED) is 0.795. The Morgan fingerprint density at radius 2 is 2.05 bits per heavy atom. The summed E-state index contributed by atoms with van der Waals surface area (Å²) in [5, 5.41) is 13.7. The summed E-state index contributed by atoms with van der Waals surface area (Å²) in [6.45, 7) is 3.77. The Hall–Kier alpha value is -2.76. The molecule has 0 aliphatic heterocycles. The zero-order valence-electron chi connectivity index (χ0n) is 12.0. The van der Waals surface area contributed by atoms with Crippen LogP contribution < -0.4 is 0 Å². The second-order valence-electron chi connectivity index (χ2n) is 5.24. The number of carboxylic acids is 1. The first-order valence-electron chi connectivity index (χ1n) is 6.77. The van der Waals surface area contributed by atoms with Crippen LogP contribution in [0.1, 0.15) is 35.8 Å². The van der Waals surface area contributed by atoms with Gasteiger partial charge in [-0.25, -0.2) is 14.2 Å². The molecular weight excluding hydrogens is 287 g/mol. The van der Waals surface area contributed by atoms with Crippen LogP contribution >= 0.6 is 0 Å². The fourth-order valence-electron chi connectivity index (χ4n) is 2.34. The number of carbonyl (C=O) groups is 1. The summed E-state index contributed by atoms with van der Waals surface area (Å²) in [5.74, 6) is -1.62. The molecule has 3 aromatic rings. The molecule has 0 radical (unpaired) electrons. The zero-order chi connectivity index (χ0) is 15.9. The molecule has 0 aliphatic rings. The van der Waals surface area contributed by atoms with Gasteiger partial charge in [0, 0.05) is 5.56 Å². The number of aromatic carboxylic acids is 1. The van der Waals surface area contributed by atoms with Crippen LogP contribution in [-0.2, 0) is 0 Å². The number of pyridine rings is 1. The van der Waals surface area contributed by atoms with Crippen molar-refractivity contribution >= 4 is 17.1 Å². The Bertz CT molecular complexity index is 871. The van der Waals surface area contributed by atoms with Crippen LogP contribution in [0.2, 0.25) is 0 Å². The van der Waals surface area contributed by atoms with Gasteiger partial charge in [0.1, 0.15) is 5.82 Å². The number of rotatable bonds is 3. The molecule has 0 fully saturated rings. The molecule has 0 spiro atoms. The first-order chi connectivity index (χ1) is 10.5. The predicted molar refractivity (Wildman–Crippen MR) is 78.2 cm³/mol. The van der Waals surface area contributed by atoms with E-state index in [1.807, 2.05) is 13.8 Å². The van der Waals surface area contributed by atoms with Crippen LogP contribution in [0.5, 0.6) is 0 Å². The molecule has 0 saturated heterocycles. The minimum Gasteiger partial charge on any atom is -0.478 e. The Morgan fingerprint density at radius 1 is 1.32 bits per heavy atom. The second kappa shape index (κ2) is 5.22. The summed E-state index contributed by atoms with van der Waals surface area (Å²) in [7, 11) is 0. The van der Waals surface area contributed by atoms with E-state index in [4.69, 9.17) is 4.52 Å². The molecule has 0 unspecified atom stereocenters. The third-order valence-electron chi connectivity index (χ3n) is 3.40. The van der Waals surface area contributed by atoms with Crippen molar-refractivity contribution in [3.63, 3.8) is 0 Å². The molecular formula is C16H13FN2O3. The van der Waals surface area contributed by atoms with E-state index in [1.54, 1.807) is 12.1 Å². The Kier molecular flexibility index (Phi) is 3.36. The molecule has 6 heteroatoms. The molecule has 3 rings (SSSR count). The van der Waals surface area contributed by atoms with E-state index in [2.05, 4.69) is 10.1 Å². The summed E-state index contributed by atoms with van der Waals surface area (Å²) < 4.78 is 19.1. The smallest absolute Gasteiger partial charge is 0.336 e. The van der Waals surface area contributed by atoms with Crippen LogP contribution in [0.15, 0.2) is 34.9 Å². The number of fused-ring (bicyclic) bond motifs is 1. The van der Waals surface area contributed by atoms with Gasteiger partial charge in [-0.15, -0.1) is 0 Å². The van der Waals surface area contributed by atoms with E-state index in [1.165, 1.54) is 18.2 Å². The highest BCUT2D eigenvalue weighted by Crippen LogP contribution is 2.31. The minimum atomic E-state index is -1.13. The van der Waals surface area contributed by atoms with Crippen LogP contribution in [0, 0.1) is 5.82 Å². The number of benzene rings is 1. The lowest BCUT2D eigenvalue weighted by Crippen LogP contribution is -2.02. The molecule has 0 amide bonds. The van der Waals surface area contributed by atoms with E-state index in [9.17, 15) is 14.3 Å². The van der Waals surface area contributed by atoms with Crippen LogP contribution in [0.3, 0.4) is 0 Å². The topological polar surface area (TPSA) is 76.2 Å². The van der Waals surface area contributed by atoms with Gasteiger partial charge in [-0.1, -0.05) is 31.1 Å². The zero-order valence-corrected chi connectivity index (χ0v) is 12.0. The van der Waals surface area contributed by atoms with Crippen molar-refractivity contribution < 1.29 is 18.8 Å². The molecule has 0 saturated carbocycles. The van der Waals surface area contributed by atoms with E-state index in [0.29, 0.717) is 11.1 Å². The molecule has 22 heavy (non-hydrogen) atoms. The van der Waals surface area contributed by atoms with Gasteiger partial charge in [0.15, 0.2) is 0 Å². The maximum Gasteiger partial charge on any atom is 0.336 e. The summed E-state index contributed by atoms with van der Waals surface area (Å²) in [6.07, 6.45) is 0. The van der Waals surface area contributed by atoms with Gasteiger partial charge in [-0.2, -0.15) is 0 Å². The molecule has 5 nitrogen and oxygen atoms in total. The number of nitrogens with zero attached hydrogens (tertiary/aromatic N) is 2. The summed E-state index contributed by atoms with van der Waals surface area (Å²) in [5.41, 5.74) is 1.05. The second-order valence-corrected chi connectivity index (χ2v) is 5.24. The molecule has 0 aliphatic carbocycles. The largest absolute Gasteiger partial charge is 0.478 e. The van der Waals surface area contributed by atoms with Gasteiger partial charge < -0.3 is 9.63 Å². The Labute approximate surface area is 125 Å². The lowest BCUT2D eigenvalue weighted by molar-refractivity contribution is 0.0699. The Balaban J connectivity index is 2.33. The Morgan fingerprint density at radius 3 is 2.68 bits per heavy atom. The number of aromatic nitrogens is 2. The van der Waals surface area contributed by atoms with E-state index in [0.717, 1.165) is 0 Å². The number of halogens is 1. The molecule has 0 atom stereocenters. The highest BCUT2D eigenvalue weighted by atomic mass is 19.1. The highest BCUT2D eigenvalue weighted by Gasteiger charge is 2.22. The standard InChI is InChI=1S/C16H13FN2O3/c1-8(2)14-13-10(16(20)21)7-12(18-15(13)22-19-14)9-5-3-4-6-11(9)17/h3-8H,1-2H3,(H,20,21). The molecule has 2 aromatic heterocycles. The van der Waals surface area contributed by atoms with Gasteiger partial charge in [-0.05, 0) is 24.1 Å². The van der Waals surface area contributed by atoms with Gasteiger partial charge in [-0.3, -0.25) is 0 Å². The van der Waals surface area contributed by atoms with Gasteiger partial charge in [0.2, 0.25) is 0 Å². The average Bonchev–Trinajstić information content (AvgIpc) is 2.90. The normalized spacial score (nSPS) is 11.3. The van der Waals surface area contributed by atoms with Crippen molar-refractivity contribution in [1.29, 1.82) is 0 Å². The third-order valence-corrected chi connectivity index (χ3v) is 3.40. The van der Waals surface area contributed by atoms with Gasteiger partial charge in [0.25, 0.3) is 5.71 Å².